The second kappa shape index (κ2) is 4.48. The number of hydrogen-bond donors (Lipinski definition) is 1. The van der Waals surface area contributed by atoms with Gasteiger partial charge in [-0.05, 0) is 0 Å². The van der Waals surface area contributed by atoms with Crippen molar-refractivity contribution in [3.63, 3.8) is 0 Å². The lowest BCUT2D eigenvalue weighted by atomic mass is 10.1. The summed E-state index contributed by atoms with van der Waals surface area (Å²) in [5.74, 6) is 0.419. The Kier molecular flexibility index (Phi) is 3.48. The van der Waals surface area contributed by atoms with E-state index in [4.69, 9.17) is 0 Å². The molecule has 1 heterocycles. The maximum Gasteiger partial charge on any atom is 0.335 e. The molecule has 1 aromatic heterocycles. The summed E-state index contributed by atoms with van der Waals surface area (Å²) in [7, 11) is 5.22. The summed E-state index contributed by atoms with van der Waals surface area (Å²) in [5.41, 5.74) is 3.43. The zero-order chi connectivity index (χ0) is 12.5. The monoisotopic (exact) mass is 227 g/mol. The third-order valence-electron chi connectivity index (χ3n) is 2.11. The van der Waals surface area contributed by atoms with E-state index in [1.807, 2.05) is 13.8 Å². The van der Waals surface area contributed by atoms with Gasteiger partial charge in [-0.1, -0.05) is 13.8 Å². The minimum absolute atomic E-state index is 0.0179. The molecule has 1 N–H and O–H groups in total. The van der Waals surface area contributed by atoms with Crippen molar-refractivity contribution >= 4 is 11.5 Å². The van der Waals surface area contributed by atoms with E-state index in [1.54, 1.807) is 26.2 Å². The molecule has 0 spiro atoms. The van der Waals surface area contributed by atoms with Crippen molar-refractivity contribution in [3.8, 4) is 0 Å². The van der Waals surface area contributed by atoms with Crippen molar-refractivity contribution in [3.05, 3.63) is 15.8 Å². The summed E-state index contributed by atoms with van der Waals surface area (Å²) >= 11 is 0. The van der Waals surface area contributed by atoms with E-state index >= 15 is 0 Å². The molecule has 90 valence electrons. The van der Waals surface area contributed by atoms with Crippen molar-refractivity contribution in [1.29, 1.82) is 0 Å². The molecule has 0 aliphatic carbocycles. The smallest absolute Gasteiger partial charge is 0.298 e. The molecule has 1 rings (SSSR count). The quantitative estimate of drug-likeness (QED) is 0.620. The first-order chi connectivity index (χ1) is 7.34. The fraction of sp³-hybridized carbons (Fsp3) is 0.667. The average Bonchev–Trinajstić information content (AvgIpc) is 2.43. The molecule has 7 nitrogen and oxygen atoms in total. The molecule has 0 radical (unpaired) electrons. The maximum absolute atomic E-state index is 11.0. The van der Waals surface area contributed by atoms with E-state index in [9.17, 15) is 10.1 Å². The van der Waals surface area contributed by atoms with Crippen LogP contribution in [0.1, 0.15) is 25.5 Å². The van der Waals surface area contributed by atoms with E-state index in [0.29, 0.717) is 11.5 Å². The highest BCUT2D eigenvalue weighted by Crippen LogP contribution is 2.32. The van der Waals surface area contributed by atoms with Crippen molar-refractivity contribution in [1.82, 2.24) is 14.8 Å². The van der Waals surface area contributed by atoms with Crippen LogP contribution in [0.2, 0.25) is 0 Å². The predicted molar refractivity (Wildman–Crippen MR) is 61.3 cm³/mol. The standard InChI is InChI=1S/C9H17N5O2/c1-6(2)7-8(14(15)16)9(11-12(3)4)13(5)10-7/h6,11H,1-5H3. The summed E-state index contributed by atoms with van der Waals surface area (Å²) in [4.78, 5) is 10.6. The third kappa shape index (κ3) is 2.30. The SMILES string of the molecule is CC(C)c1nn(C)c(NN(C)C)c1[N+](=O)[O-]. The molecule has 0 atom stereocenters. The molecule has 0 amide bonds. The van der Waals surface area contributed by atoms with Gasteiger partial charge < -0.3 is 0 Å². The topological polar surface area (TPSA) is 76.2 Å². The van der Waals surface area contributed by atoms with Crippen LogP contribution < -0.4 is 5.43 Å². The highest BCUT2D eigenvalue weighted by Gasteiger charge is 2.28. The lowest BCUT2D eigenvalue weighted by Crippen LogP contribution is -2.22. The summed E-state index contributed by atoms with van der Waals surface area (Å²) in [5, 5.41) is 16.9. The zero-order valence-corrected chi connectivity index (χ0v) is 10.2. The Morgan fingerprint density at radius 3 is 2.44 bits per heavy atom. The molecule has 1 aromatic rings. The first-order valence-corrected chi connectivity index (χ1v) is 4.99. The molecule has 0 fully saturated rings. The predicted octanol–water partition coefficient (Wildman–Crippen LogP) is 1.34. The number of hydrazine groups is 1. The molecule has 7 heteroatoms. The highest BCUT2D eigenvalue weighted by molar-refractivity contribution is 5.60. The largest absolute Gasteiger partial charge is 0.335 e. The van der Waals surface area contributed by atoms with E-state index in [2.05, 4.69) is 10.5 Å². The van der Waals surface area contributed by atoms with Crippen LogP contribution in [0.15, 0.2) is 0 Å². The van der Waals surface area contributed by atoms with Gasteiger partial charge in [0.2, 0.25) is 5.82 Å². The van der Waals surface area contributed by atoms with Crippen LogP contribution in [-0.4, -0.2) is 33.8 Å². The van der Waals surface area contributed by atoms with Crippen molar-refractivity contribution in [2.75, 3.05) is 19.5 Å². The number of nitro groups is 1. The van der Waals surface area contributed by atoms with Crippen molar-refractivity contribution < 1.29 is 4.92 Å². The van der Waals surface area contributed by atoms with Gasteiger partial charge >= 0.3 is 5.69 Å². The average molecular weight is 227 g/mol. The molecule has 0 aromatic carbocycles. The van der Waals surface area contributed by atoms with Crippen LogP contribution in [0.25, 0.3) is 0 Å². The van der Waals surface area contributed by atoms with Crippen LogP contribution >= 0.6 is 0 Å². The van der Waals surface area contributed by atoms with Gasteiger partial charge in [-0.25, -0.2) is 9.69 Å². The molecule has 0 saturated heterocycles. The van der Waals surface area contributed by atoms with Gasteiger partial charge in [0.05, 0.1) is 4.92 Å². The molecular weight excluding hydrogens is 210 g/mol. The number of anilines is 1. The Bertz CT molecular complexity index is 397. The molecule has 0 aliphatic rings. The van der Waals surface area contributed by atoms with Gasteiger partial charge in [0.1, 0.15) is 5.69 Å². The number of nitrogens with zero attached hydrogens (tertiary/aromatic N) is 4. The summed E-state index contributed by atoms with van der Waals surface area (Å²) in [6.45, 7) is 3.77. The molecule has 0 saturated carbocycles. The second-order valence-electron chi connectivity index (χ2n) is 4.12. The molecule has 0 bridgehead atoms. The van der Waals surface area contributed by atoms with Gasteiger partial charge in [0.15, 0.2) is 0 Å². The molecular formula is C9H17N5O2. The third-order valence-corrected chi connectivity index (χ3v) is 2.11. The van der Waals surface area contributed by atoms with Crippen LogP contribution in [0.3, 0.4) is 0 Å². The fourth-order valence-corrected chi connectivity index (χ4v) is 1.44. The Morgan fingerprint density at radius 1 is 1.50 bits per heavy atom. The first kappa shape index (κ1) is 12.4. The second-order valence-corrected chi connectivity index (χ2v) is 4.12. The van der Waals surface area contributed by atoms with Crippen LogP contribution in [-0.2, 0) is 7.05 Å². The van der Waals surface area contributed by atoms with Gasteiger partial charge in [-0.15, -0.1) is 0 Å². The van der Waals surface area contributed by atoms with Crippen molar-refractivity contribution in [2.45, 2.75) is 19.8 Å². The summed E-state index contributed by atoms with van der Waals surface area (Å²) in [6.07, 6.45) is 0. The van der Waals surface area contributed by atoms with Gasteiger partial charge in [-0.3, -0.25) is 15.5 Å². The summed E-state index contributed by atoms with van der Waals surface area (Å²) < 4.78 is 1.49. The number of nitrogens with one attached hydrogen (secondary N) is 1. The molecule has 16 heavy (non-hydrogen) atoms. The Balaban J connectivity index is 3.30. The van der Waals surface area contributed by atoms with Gasteiger partial charge in [-0.2, -0.15) is 5.10 Å². The Morgan fingerprint density at radius 2 is 2.06 bits per heavy atom. The number of aromatic nitrogens is 2. The lowest BCUT2D eigenvalue weighted by molar-refractivity contribution is -0.384. The number of aryl methyl sites for hydroxylation is 1. The van der Waals surface area contributed by atoms with Gasteiger partial charge in [0.25, 0.3) is 0 Å². The van der Waals surface area contributed by atoms with E-state index < -0.39 is 4.92 Å². The summed E-state index contributed by atoms with van der Waals surface area (Å²) in [6, 6.07) is 0. The number of hydrogen-bond acceptors (Lipinski definition) is 5. The van der Waals surface area contributed by atoms with E-state index in [0.717, 1.165) is 0 Å². The Labute approximate surface area is 94.2 Å². The van der Waals surface area contributed by atoms with E-state index in [-0.39, 0.29) is 11.6 Å². The molecule has 0 unspecified atom stereocenters. The first-order valence-electron chi connectivity index (χ1n) is 4.99. The molecule has 0 aliphatic heterocycles. The van der Waals surface area contributed by atoms with Crippen LogP contribution in [0.5, 0.6) is 0 Å². The number of rotatable bonds is 4. The van der Waals surface area contributed by atoms with Gasteiger partial charge in [0, 0.05) is 27.1 Å². The Hall–Kier alpha value is -1.63. The van der Waals surface area contributed by atoms with Crippen LogP contribution in [0, 0.1) is 10.1 Å². The minimum atomic E-state index is -0.395. The maximum atomic E-state index is 11.0. The normalized spacial score (nSPS) is 11.2. The highest BCUT2D eigenvalue weighted by atomic mass is 16.6. The fourth-order valence-electron chi connectivity index (χ4n) is 1.44. The van der Waals surface area contributed by atoms with E-state index in [1.165, 1.54) is 4.68 Å². The lowest BCUT2D eigenvalue weighted by Gasteiger charge is -2.12. The minimum Gasteiger partial charge on any atom is -0.298 e. The van der Waals surface area contributed by atoms with Crippen molar-refractivity contribution in [2.24, 2.45) is 7.05 Å². The zero-order valence-electron chi connectivity index (χ0n) is 10.2. The van der Waals surface area contributed by atoms with Crippen LogP contribution in [0.4, 0.5) is 11.5 Å².